The quantitative estimate of drug-likeness (QED) is 0.841. The zero-order chi connectivity index (χ0) is 16.6. The zero-order valence-electron chi connectivity index (χ0n) is 14.3. The molecule has 2 atom stereocenters. The van der Waals surface area contributed by atoms with Gasteiger partial charge in [0, 0.05) is 32.6 Å². The van der Waals surface area contributed by atoms with Gasteiger partial charge in [0.05, 0.1) is 5.41 Å². The van der Waals surface area contributed by atoms with Gasteiger partial charge in [-0.1, -0.05) is 30.3 Å². The molecule has 0 radical (unpaired) electrons. The second-order valence-corrected chi connectivity index (χ2v) is 7.47. The molecule has 4 nitrogen and oxygen atoms in total. The van der Waals surface area contributed by atoms with E-state index in [0.29, 0.717) is 12.5 Å². The van der Waals surface area contributed by atoms with Gasteiger partial charge < -0.3 is 9.80 Å². The number of hydrogen-bond donors (Lipinski definition) is 0. The molecule has 23 heavy (non-hydrogen) atoms. The standard InChI is InChI=1S/C19H26N2O2/c1-14(22)20-11-15-9-10-17(13-20)21(12-15)18(23)19(2,3)16-7-5-4-6-8-16/h4-8,15,17H,9-13H2,1-3H3/t15-,17+/m0/s1. The highest BCUT2D eigenvalue weighted by Gasteiger charge is 2.42. The van der Waals surface area contributed by atoms with Crippen molar-refractivity contribution in [1.29, 1.82) is 0 Å². The van der Waals surface area contributed by atoms with Gasteiger partial charge in [0.15, 0.2) is 0 Å². The number of benzene rings is 1. The second kappa shape index (κ2) is 5.99. The third-order valence-corrected chi connectivity index (χ3v) is 5.45. The van der Waals surface area contributed by atoms with Crippen LogP contribution in [0.15, 0.2) is 30.3 Å². The molecule has 3 heterocycles. The first-order valence-electron chi connectivity index (χ1n) is 8.51. The van der Waals surface area contributed by atoms with Crippen LogP contribution < -0.4 is 0 Å². The van der Waals surface area contributed by atoms with Crippen LogP contribution in [0.2, 0.25) is 0 Å². The average Bonchev–Trinajstić information content (AvgIpc) is 2.87. The van der Waals surface area contributed by atoms with Crippen molar-refractivity contribution in [1.82, 2.24) is 9.80 Å². The fourth-order valence-corrected chi connectivity index (χ4v) is 3.93. The second-order valence-electron chi connectivity index (χ2n) is 7.47. The predicted octanol–water partition coefficient (Wildman–Crippen LogP) is 2.43. The summed E-state index contributed by atoms with van der Waals surface area (Å²) in [5, 5.41) is 0. The SMILES string of the molecule is CC(=O)N1C[C@@H]2CC[C@H](C1)N(C(=O)C(C)(C)c1ccccc1)C2. The van der Waals surface area contributed by atoms with E-state index in [2.05, 4.69) is 0 Å². The lowest BCUT2D eigenvalue weighted by atomic mass is 9.81. The predicted molar refractivity (Wildman–Crippen MR) is 89.9 cm³/mol. The third-order valence-electron chi connectivity index (χ3n) is 5.45. The van der Waals surface area contributed by atoms with Crippen molar-refractivity contribution in [3.05, 3.63) is 35.9 Å². The molecule has 0 unspecified atom stereocenters. The van der Waals surface area contributed by atoms with E-state index in [0.717, 1.165) is 31.5 Å². The van der Waals surface area contributed by atoms with Gasteiger partial charge in [-0.2, -0.15) is 0 Å². The normalized spacial score (nSPS) is 24.5. The smallest absolute Gasteiger partial charge is 0.232 e. The van der Waals surface area contributed by atoms with E-state index in [-0.39, 0.29) is 17.9 Å². The van der Waals surface area contributed by atoms with Crippen LogP contribution in [0.3, 0.4) is 0 Å². The number of nitrogens with zero attached hydrogens (tertiary/aromatic N) is 2. The minimum absolute atomic E-state index is 0.124. The Bertz CT molecular complexity index is 597. The summed E-state index contributed by atoms with van der Waals surface area (Å²) < 4.78 is 0. The highest BCUT2D eigenvalue weighted by molar-refractivity contribution is 5.88. The molecule has 4 rings (SSSR count). The molecular formula is C19H26N2O2. The lowest BCUT2D eigenvalue weighted by Gasteiger charge is -2.40. The van der Waals surface area contributed by atoms with Crippen LogP contribution in [-0.2, 0) is 15.0 Å². The molecule has 0 spiro atoms. The van der Waals surface area contributed by atoms with E-state index in [1.54, 1.807) is 6.92 Å². The average molecular weight is 314 g/mol. The van der Waals surface area contributed by atoms with Gasteiger partial charge in [-0.25, -0.2) is 0 Å². The summed E-state index contributed by atoms with van der Waals surface area (Å²) in [7, 11) is 0. The molecule has 124 valence electrons. The summed E-state index contributed by atoms with van der Waals surface area (Å²) in [5.74, 6) is 0.718. The topological polar surface area (TPSA) is 40.6 Å². The van der Waals surface area contributed by atoms with Gasteiger partial charge in [0.2, 0.25) is 11.8 Å². The monoisotopic (exact) mass is 314 g/mol. The van der Waals surface area contributed by atoms with Gasteiger partial charge in [-0.3, -0.25) is 9.59 Å². The van der Waals surface area contributed by atoms with E-state index in [1.165, 1.54) is 0 Å². The Morgan fingerprint density at radius 2 is 1.74 bits per heavy atom. The molecule has 3 fully saturated rings. The van der Waals surface area contributed by atoms with E-state index >= 15 is 0 Å². The first-order chi connectivity index (χ1) is 10.9. The maximum absolute atomic E-state index is 13.3. The number of fused-ring (bicyclic) bond motifs is 4. The highest BCUT2D eigenvalue weighted by atomic mass is 16.2. The molecular weight excluding hydrogens is 288 g/mol. The maximum atomic E-state index is 13.3. The Morgan fingerprint density at radius 3 is 2.39 bits per heavy atom. The fourth-order valence-electron chi connectivity index (χ4n) is 3.93. The summed E-state index contributed by atoms with van der Waals surface area (Å²) in [5.41, 5.74) is 0.515. The van der Waals surface area contributed by atoms with Crippen LogP contribution in [0.5, 0.6) is 0 Å². The number of carbonyl (C=O) groups excluding carboxylic acids is 2. The Morgan fingerprint density at radius 1 is 1.04 bits per heavy atom. The number of carbonyl (C=O) groups is 2. The van der Waals surface area contributed by atoms with E-state index < -0.39 is 5.41 Å². The van der Waals surface area contributed by atoms with Gasteiger partial charge in [0.1, 0.15) is 0 Å². The first-order valence-corrected chi connectivity index (χ1v) is 8.51. The molecule has 0 saturated carbocycles. The number of piperidine rings is 1. The molecule has 2 amide bonds. The summed E-state index contributed by atoms with van der Waals surface area (Å²) in [4.78, 5) is 29.0. The van der Waals surface area contributed by atoms with Crippen molar-refractivity contribution < 1.29 is 9.59 Å². The lowest BCUT2D eigenvalue weighted by Crippen LogP contribution is -2.53. The molecule has 3 aliphatic rings. The number of rotatable bonds is 2. The molecule has 1 aromatic carbocycles. The first kappa shape index (κ1) is 16.0. The minimum atomic E-state index is -0.535. The summed E-state index contributed by atoms with van der Waals surface area (Å²) in [6, 6.07) is 10.1. The molecule has 0 aliphatic carbocycles. The Kier molecular flexibility index (Phi) is 4.17. The summed E-state index contributed by atoms with van der Waals surface area (Å²) >= 11 is 0. The van der Waals surface area contributed by atoms with Crippen LogP contribution in [0.25, 0.3) is 0 Å². The molecule has 1 aromatic rings. The Balaban J connectivity index is 1.84. The fraction of sp³-hybridized carbons (Fsp3) is 0.579. The number of hydrogen-bond acceptors (Lipinski definition) is 2. The van der Waals surface area contributed by atoms with Crippen LogP contribution in [0.1, 0.15) is 39.2 Å². The van der Waals surface area contributed by atoms with Gasteiger partial charge in [-0.05, 0) is 38.2 Å². The summed E-state index contributed by atoms with van der Waals surface area (Å²) in [6.45, 7) is 7.90. The lowest BCUT2D eigenvalue weighted by molar-refractivity contribution is -0.141. The van der Waals surface area contributed by atoms with Gasteiger partial charge in [0.25, 0.3) is 0 Å². The van der Waals surface area contributed by atoms with Gasteiger partial charge in [-0.15, -0.1) is 0 Å². The van der Waals surface area contributed by atoms with E-state index in [9.17, 15) is 9.59 Å². The minimum Gasteiger partial charge on any atom is -0.341 e. The van der Waals surface area contributed by atoms with Crippen molar-refractivity contribution in [2.45, 2.75) is 45.1 Å². The van der Waals surface area contributed by atoms with E-state index in [1.807, 2.05) is 54.0 Å². The van der Waals surface area contributed by atoms with Crippen LogP contribution in [0.4, 0.5) is 0 Å². The Hall–Kier alpha value is -1.84. The highest BCUT2D eigenvalue weighted by Crippen LogP contribution is 2.33. The molecule has 3 aliphatic heterocycles. The van der Waals surface area contributed by atoms with Crippen molar-refractivity contribution in [3.63, 3.8) is 0 Å². The molecule has 2 bridgehead atoms. The van der Waals surface area contributed by atoms with Crippen LogP contribution in [-0.4, -0.2) is 47.3 Å². The van der Waals surface area contributed by atoms with Crippen LogP contribution >= 0.6 is 0 Å². The van der Waals surface area contributed by atoms with Crippen molar-refractivity contribution in [3.8, 4) is 0 Å². The number of amides is 2. The largest absolute Gasteiger partial charge is 0.341 e. The van der Waals surface area contributed by atoms with Crippen molar-refractivity contribution in [2.24, 2.45) is 5.92 Å². The molecule has 0 aromatic heterocycles. The van der Waals surface area contributed by atoms with Crippen molar-refractivity contribution in [2.75, 3.05) is 19.6 Å². The van der Waals surface area contributed by atoms with E-state index in [4.69, 9.17) is 0 Å². The molecule has 4 heteroatoms. The zero-order valence-corrected chi connectivity index (χ0v) is 14.3. The van der Waals surface area contributed by atoms with Crippen LogP contribution in [0, 0.1) is 5.92 Å². The van der Waals surface area contributed by atoms with Crippen molar-refractivity contribution >= 4 is 11.8 Å². The molecule has 0 N–H and O–H groups in total. The third kappa shape index (κ3) is 2.99. The maximum Gasteiger partial charge on any atom is 0.232 e. The Labute approximate surface area is 138 Å². The molecule has 3 saturated heterocycles. The summed E-state index contributed by atoms with van der Waals surface area (Å²) in [6.07, 6.45) is 2.12. The van der Waals surface area contributed by atoms with Gasteiger partial charge >= 0.3 is 0 Å².